The molecule has 0 aliphatic heterocycles. The summed E-state index contributed by atoms with van der Waals surface area (Å²) in [6, 6.07) is 5.11. The smallest absolute Gasteiger partial charge is 0.237 e. The molecule has 1 aliphatic carbocycles. The summed E-state index contributed by atoms with van der Waals surface area (Å²) < 4.78 is 0. The Morgan fingerprint density at radius 3 is 2.80 bits per heavy atom. The summed E-state index contributed by atoms with van der Waals surface area (Å²) in [6.07, 6.45) is 6.35. The van der Waals surface area contributed by atoms with Crippen LogP contribution < -0.4 is 11.1 Å². The zero-order valence-corrected chi connectivity index (χ0v) is 13.3. The molecule has 1 amide bonds. The van der Waals surface area contributed by atoms with Crippen molar-refractivity contribution in [1.29, 1.82) is 0 Å². The first-order valence-electron chi connectivity index (χ1n) is 7.07. The van der Waals surface area contributed by atoms with E-state index in [1.807, 2.05) is 6.92 Å². The SMILES string of the molecule is CC(SC1CCCCC1)C(=O)Nc1cc(Cl)ccc1N. The largest absolute Gasteiger partial charge is 0.397 e. The summed E-state index contributed by atoms with van der Waals surface area (Å²) in [7, 11) is 0. The monoisotopic (exact) mass is 312 g/mol. The van der Waals surface area contributed by atoms with Crippen LogP contribution in [0.2, 0.25) is 5.02 Å². The van der Waals surface area contributed by atoms with E-state index in [-0.39, 0.29) is 11.2 Å². The van der Waals surface area contributed by atoms with Crippen molar-refractivity contribution in [3.05, 3.63) is 23.2 Å². The van der Waals surface area contributed by atoms with Gasteiger partial charge in [0.1, 0.15) is 0 Å². The normalized spacial score (nSPS) is 17.7. The van der Waals surface area contributed by atoms with Gasteiger partial charge >= 0.3 is 0 Å². The summed E-state index contributed by atoms with van der Waals surface area (Å²) in [5, 5.41) is 3.98. The molecule has 5 heteroatoms. The van der Waals surface area contributed by atoms with Crippen LogP contribution in [0.4, 0.5) is 11.4 Å². The van der Waals surface area contributed by atoms with Crippen molar-refractivity contribution in [3.63, 3.8) is 0 Å². The highest BCUT2D eigenvalue weighted by molar-refractivity contribution is 8.01. The third-order valence-electron chi connectivity index (χ3n) is 3.59. The van der Waals surface area contributed by atoms with Gasteiger partial charge in [0.05, 0.1) is 16.6 Å². The molecule has 1 aromatic carbocycles. The maximum Gasteiger partial charge on any atom is 0.237 e. The van der Waals surface area contributed by atoms with Crippen molar-refractivity contribution >= 4 is 40.6 Å². The van der Waals surface area contributed by atoms with Crippen molar-refractivity contribution in [1.82, 2.24) is 0 Å². The molecule has 3 nitrogen and oxygen atoms in total. The predicted octanol–water partition coefficient (Wildman–Crippen LogP) is 4.32. The fourth-order valence-corrected chi connectivity index (χ4v) is 3.96. The Balaban J connectivity index is 1.91. The number of carbonyl (C=O) groups excluding carboxylic acids is 1. The minimum absolute atomic E-state index is 0.00506. The van der Waals surface area contributed by atoms with Crippen LogP contribution in [0.25, 0.3) is 0 Å². The highest BCUT2D eigenvalue weighted by atomic mass is 35.5. The van der Waals surface area contributed by atoms with Gasteiger partial charge in [-0.25, -0.2) is 0 Å². The van der Waals surface area contributed by atoms with Gasteiger partial charge in [-0.05, 0) is 38.0 Å². The van der Waals surface area contributed by atoms with Gasteiger partial charge in [0.25, 0.3) is 0 Å². The number of thioether (sulfide) groups is 1. The molecule has 0 bridgehead atoms. The standard InChI is InChI=1S/C15H21ClN2OS/c1-10(20-12-5-3-2-4-6-12)15(19)18-14-9-11(16)7-8-13(14)17/h7-10,12H,2-6,17H2,1H3,(H,18,19). The number of benzene rings is 1. The number of anilines is 2. The second-order valence-electron chi connectivity index (χ2n) is 5.26. The van der Waals surface area contributed by atoms with E-state index in [9.17, 15) is 4.79 Å². The van der Waals surface area contributed by atoms with Gasteiger partial charge < -0.3 is 11.1 Å². The lowest BCUT2D eigenvalue weighted by Gasteiger charge is -2.24. The Morgan fingerprint density at radius 2 is 2.10 bits per heavy atom. The molecule has 1 aliphatic rings. The van der Waals surface area contributed by atoms with Crippen molar-refractivity contribution in [2.45, 2.75) is 49.5 Å². The number of nitrogens with one attached hydrogen (secondary N) is 1. The Labute approximate surface area is 129 Å². The number of nitrogen functional groups attached to an aromatic ring is 1. The zero-order chi connectivity index (χ0) is 14.5. The van der Waals surface area contributed by atoms with Gasteiger partial charge in [-0.3, -0.25) is 4.79 Å². The van der Waals surface area contributed by atoms with E-state index in [1.54, 1.807) is 30.0 Å². The fraction of sp³-hybridized carbons (Fsp3) is 0.533. The third kappa shape index (κ3) is 4.32. The Bertz CT molecular complexity index is 475. The molecular formula is C15H21ClN2OS. The summed E-state index contributed by atoms with van der Waals surface area (Å²) in [5.74, 6) is -0.00506. The highest BCUT2D eigenvalue weighted by Gasteiger charge is 2.21. The maximum atomic E-state index is 12.2. The Morgan fingerprint density at radius 1 is 1.40 bits per heavy atom. The molecule has 0 radical (unpaired) electrons. The molecule has 3 N–H and O–H groups in total. The lowest BCUT2D eigenvalue weighted by molar-refractivity contribution is -0.115. The quantitative estimate of drug-likeness (QED) is 0.814. The summed E-state index contributed by atoms with van der Waals surface area (Å²) in [5.41, 5.74) is 6.98. The minimum Gasteiger partial charge on any atom is -0.397 e. The fourth-order valence-electron chi connectivity index (χ4n) is 2.42. The summed E-state index contributed by atoms with van der Waals surface area (Å²) in [6.45, 7) is 1.95. The van der Waals surface area contributed by atoms with Crippen LogP contribution in [0.1, 0.15) is 39.0 Å². The van der Waals surface area contributed by atoms with Crippen molar-refractivity contribution < 1.29 is 4.79 Å². The second-order valence-corrected chi connectivity index (χ2v) is 7.34. The molecule has 0 spiro atoms. The average molecular weight is 313 g/mol. The summed E-state index contributed by atoms with van der Waals surface area (Å²) in [4.78, 5) is 12.2. The first kappa shape index (κ1) is 15.5. The van der Waals surface area contributed by atoms with Crippen LogP contribution >= 0.6 is 23.4 Å². The van der Waals surface area contributed by atoms with Crippen LogP contribution in [0.5, 0.6) is 0 Å². The molecule has 2 rings (SSSR count). The molecule has 1 fully saturated rings. The van der Waals surface area contributed by atoms with Gasteiger partial charge in [-0.2, -0.15) is 0 Å². The van der Waals surface area contributed by atoms with Crippen LogP contribution in [0, 0.1) is 0 Å². The molecule has 110 valence electrons. The van der Waals surface area contributed by atoms with Crippen LogP contribution in [0.3, 0.4) is 0 Å². The Hall–Kier alpha value is -0.870. The number of amides is 1. The molecule has 20 heavy (non-hydrogen) atoms. The molecule has 1 aromatic rings. The lowest BCUT2D eigenvalue weighted by atomic mass is 10.0. The van der Waals surface area contributed by atoms with Gasteiger partial charge in [0.15, 0.2) is 0 Å². The predicted molar refractivity (Wildman–Crippen MR) is 88.4 cm³/mol. The number of nitrogens with two attached hydrogens (primary N) is 1. The molecule has 0 aromatic heterocycles. The lowest BCUT2D eigenvalue weighted by Crippen LogP contribution is -2.25. The van der Waals surface area contributed by atoms with Crippen molar-refractivity contribution in [2.24, 2.45) is 0 Å². The number of rotatable bonds is 4. The minimum atomic E-state index is -0.0727. The van der Waals surface area contributed by atoms with Crippen molar-refractivity contribution in [2.75, 3.05) is 11.1 Å². The van der Waals surface area contributed by atoms with E-state index >= 15 is 0 Å². The number of hydrogen-bond donors (Lipinski definition) is 2. The zero-order valence-electron chi connectivity index (χ0n) is 11.7. The van der Waals surface area contributed by atoms with Crippen molar-refractivity contribution in [3.8, 4) is 0 Å². The number of carbonyl (C=O) groups is 1. The first-order valence-corrected chi connectivity index (χ1v) is 8.39. The first-order chi connectivity index (χ1) is 9.56. The van der Waals surface area contributed by atoms with E-state index in [1.165, 1.54) is 32.1 Å². The van der Waals surface area contributed by atoms with E-state index in [4.69, 9.17) is 17.3 Å². The molecule has 0 heterocycles. The number of hydrogen-bond acceptors (Lipinski definition) is 3. The topological polar surface area (TPSA) is 55.1 Å². The Kier molecular flexibility index (Phi) is 5.61. The highest BCUT2D eigenvalue weighted by Crippen LogP contribution is 2.32. The van der Waals surface area contributed by atoms with E-state index in [0.29, 0.717) is 21.6 Å². The molecule has 1 atom stereocenters. The van der Waals surface area contributed by atoms with E-state index in [2.05, 4.69) is 5.32 Å². The van der Waals surface area contributed by atoms with Crippen LogP contribution in [0.15, 0.2) is 18.2 Å². The molecule has 1 unspecified atom stereocenters. The van der Waals surface area contributed by atoms with Gasteiger partial charge in [-0.1, -0.05) is 30.9 Å². The van der Waals surface area contributed by atoms with E-state index in [0.717, 1.165) is 0 Å². The number of halogens is 1. The maximum absolute atomic E-state index is 12.2. The van der Waals surface area contributed by atoms with Crippen LogP contribution in [-0.4, -0.2) is 16.4 Å². The molecule has 1 saturated carbocycles. The van der Waals surface area contributed by atoms with Crippen LogP contribution in [-0.2, 0) is 4.79 Å². The second kappa shape index (κ2) is 7.23. The van der Waals surface area contributed by atoms with Gasteiger partial charge in [0, 0.05) is 10.3 Å². The third-order valence-corrected chi connectivity index (χ3v) is 5.30. The molecule has 0 saturated heterocycles. The van der Waals surface area contributed by atoms with E-state index < -0.39 is 0 Å². The summed E-state index contributed by atoms with van der Waals surface area (Å²) >= 11 is 7.70. The van der Waals surface area contributed by atoms with Gasteiger partial charge in [0.2, 0.25) is 5.91 Å². The average Bonchev–Trinajstić information content (AvgIpc) is 2.44. The molecular weight excluding hydrogens is 292 g/mol. The van der Waals surface area contributed by atoms with Gasteiger partial charge in [-0.15, -0.1) is 11.8 Å².